The molecule has 1 N–H and O–H groups in total. The van der Waals surface area contributed by atoms with Crippen LogP contribution in [0.5, 0.6) is 0 Å². The summed E-state index contributed by atoms with van der Waals surface area (Å²) in [7, 11) is 1.53. The minimum atomic E-state index is -0.455. The lowest BCUT2D eigenvalue weighted by atomic mass is 10.3. The van der Waals surface area contributed by atoms with Gasteiger partial charge < -0.3 is 14.5 Å². The molecule has 4 heterocycles. The van der Waals surface area contributed by atoms with E-state index in [0.717, 1.165) is 13.1 Å². The summed E-state index contributed by atoms with van der Waals surface area (Å²) in [5, 5.41) is 2.24. The first-order valence-corrected chi connectivity index (χ1v) is 9.98. The highest BCUT2D eigenvalue weighted by molar-refractivity contribution is 6.13. The van der Waals surface area contributed by atoms with Gasteiger partial charge in [0, 0.05) is 52.5 Å². The zero-order valence-electron chi connectivity index (χ0n) is 16.9. The number of carbonyl (C=O) groups excluding carboxylic acids is 3. The molecule has 0 radical (unpaired) electrons. The first-order chi connectivity index (χ1) is 14.5. The van der Waals surface area contributed by atoms with Crippen LogP contribution in [0.15, 0.2) is 18.0 Å². The normalized spacial score (nSPS) is 22.0. The Hall–Kier alpha value is -3.05. The predicted molar refractivity (Wildman–Crippen MR) is 107 cm³/mol. The van der Waals surface area contributed by atoms with Crippen LogP contribution in [-0.4, -0.2) is 109 Å². The maximum Gasteiger partial charge on any atom is 0.328 e. The third kappa shape index (κ3) is 4.41. The van der Waals surface area contributed by atoms with E-state index < -0.39 is 11.9 Å². The Balaban J connectivity index is 1.35. The van der Waals surface area contributed by atoms with E-state index in [9.17, 15) is 14.4 Å². The van der Waals surface area contributed by atoms with Gasteiger partial charge in [-0.05, 0) is 12.1 Å². The Bertz CT molecular complexity index is 860. The van der Waals surface area contributed by atoms with Crippen molar-refractivity contribution in [2.45, 2.75) is 0 Å². The predicted octanol–water partition coefficient (Wildman–Crippen LogP) is -1.02. The summed E-state index contributed by atoms with van der Waals surface area (Å²) >= 11 is 0. The number of piperazine rings is 1. The van der Waals surface area contributed by atoms with Gasteiger partial charge in [-0.25, -0.2) is 14.8 Å². The summed E-state index contributed by atoms with van der Waals surface area (Å²) in [5.74, 6) is 0.266. The van der Waals surface area contributed by atoms with Crippen LogP contribution in [0.2, 0.25) is 0 Å². The highest BCUT2D eigenvalue weighted by atomic mass is 16.5. The third-order valence-electron chi connectivity index (χ3n) is 5.45. The monoisotopic (exact) mass is 415 g/mol. The fourth-order valence-corrected chi connectivity index (χ4v) is 3.61. The Morgan fingerprint density at radius 1 is 1.17 bits per heavy atom. The molecule has 0 unspecified atom stereocenters. The number of urea groups is 1. The topological polar surface area (TPSA) is 111 Å². The van der Waals surface area contributed by atoms with Crippen molar-refractivity contribution in [2.24, 2.45) is 0 Å². The number of nitrogens with zero attached hydrogens (tertiary/aromatic N) is 6. The fraction of sp³-hybridized carbons (Fsp3) is 0.526. The van der Waals surface area contributed by atoms with E-state index in [-0.39, 0.29) is 11.6 Å². The second-order valence-electron chi connectivity index (χ2n) is 7.39. The zero-order valence-corrected chi connectivity index (χ0v) is 16.9. The van der Waals surface area contributed by atoms with Crippen LogP contribution in [0.1, 0.15) is 5.69 Å². The highest BCUT2D eigenvalue weighted by Crippen LogP contribution is 2.16. The Labute approximate surface area is 174 Å². The summed E-state index contributed by atoms with van der Waals surface area (Å²) in [4.78, 5) is 52.1. The van der Waals surface area contributed by atoms with Crippen molar-refractivity contribution in [1.82, 2.24) is 30.0 Å². The Kier molecular flexibility index (Phi) is 5.91. The number of nitrogens with one attached hydrogen (secondary N) is 1. The standard InChI is InChI=1S/C19H25N7O4/c1-23-15(17(28)22-19(23)29)12-14-2-3-20-18(21-14)26-6-4-24(5-7-26)13-16(27)25-8-10-30-11-9-25/h2-3,12H,4-11,13H2,1H3,(H,22,28,29). The van der Waals surface area contributed by atoms with E-state index in [1.807, 2.05) is 4.90 Å². The third-order valence-corrected chi connectivity index (χ3v) is 5.45. The van der Waals surface area contributed by atoms with Gasteiger partial charge in [0.1, 0.15) is 5.70 Å². The van der Waals surface area contributed by atoms with Gasteiger partial charge in [0.2, 0.25) is 11.9 Å². The molecule has 1 aromatic heterocycles. The Morgan fingerprint density at radius 2 is 1.90 bits per heavy atom. The molecule has 1 aromatic rings. The highest BCUT2D eigenvalue weighted by Gasteiger charge is 2.30. The van der Waals surface area contributed by atoms with E-state index in [2.05, 4.69) is 25.1 Å². The molecule has 0 aromatic carbocycles. The molecule has 0 bridgehead atoms. The molecule has 30 heavy (non-hydrogen) atoms. The number of amides is 4. The number of likely N-dealkylation sites (N-methyl/N-ethyl adjacent to an activating group) is 1. The van der Waals surface area contributed by atoms with Crippen molar-refractivity contribution in [2.75, 3.05) is 71.0 Å². The quantitative estimate of drug-likeness (QED) is 0.491. The summed E-state index contributed by atoms with van der Waals surface area (Å²) in [6, 6.07) is 1.24. The van der Waals surface area contributed by atoms with Crippen LogP contribution in [0.3, 0.4) is 0 Å². The number of hydrogen-bond donors (Lipinski definition) is 1. The number of anilines is 1. The lowest BCUT2D eigenvalue weighted by Crippen LogP contribution is -2.51. The smallest absolute Gasteiger partial charge is 0.328 e. The minimum absolute atomic E-state index is 0.144. The van der Waals surface area contributed by atoms with Crippen molar-refractivity contribution in [3.05, 3.63) is 23.7 Å². The van der Waals surface area contributed by atoms with Crippen LogP contribution >= 0.6 is 0 Å². The molecule has 11 heteroatoms. The molecule has 0 aliphatic carbocycles. The summed E-state index contributed by atoms with van der Waals surface area (Å²) in [5.41, 5.74) is 0.799. The van der Waals surface area contributed by atoms with E-state index in [1.165, 1.54) is 11.9 Å². The number of carbonyl (C=O) groups is 3. The van der Waals surface area contributed by atoms with Crippen molar-refractivity contribution in [3.8, 4) is 0 Å². The molecule has 4 rings (SSSR count). The first-order valence-electron chi connectivity index (χ1n) is 9.98. The number of ether oxygens (including phenoxy) is 1. The molecule has 0 saturated carbocycles. The summed E-state index contributed by atoms with van der Waals surface area (Å²) in [6.07, 6.45) is 3.21. The SMILES string of the molecule is CN1C(=O)NC(=O)C1=Cc1ccnc(N2CCN(CC(=O)N3CCOCC3)CC2)n1. The van der Waals surface area contributed by atoms with Crippen molar-refractivity contribution < 1.29 is 19.1 Å². The van der Waals surface area contributed by atoms with E-state index >= 15 is 0 Å². The lowest BCUT2D eigenvalue weighted by molar-refractivity contribution is -0.136. The van der Waals surface area contributed by atoms with Crippen LogP contribution < -0.4 is 10.2 Å². The maximum absolute atomic E-state index is 12.4. The molecule has 3 aliphatic heterocycles. The summed E-state index contributed by atoms with van der Waals surface area (Å²) in [6.45, 7) is 5.83. The lowest BCUT2D eigenvalue weighted by Gasteiger charge is -2.36. The molecular weight excluding hydrogens is 390 g/mol. The largest absolute Gasteiger partial charge is 0.378 e. The number of rotatable bonds is 4. The van der Waals surface area contributed by atoms with Gasteiger partial charge in [-0.3, -0.25) is 24.7 Å². The van der Waals surface area contributed by atoms with Gasteiger partial charge in [0.25, 0.3) is 5.91 Å². The van der Waals surface area contributed by atoms with Crippen molar-refractivity contribution in [3.63, 3.8) is 0 Å². The van der Waals surface area contributed by atoms with Crippen molar-refractivity contribution >= 4 is 29.9 Å². The van der Waals surface area contributed by atoms with Gasteiger partial charge in [-0.2, -0.15) is 0 Å². The van der Waals surface area contributed by atoms with Crippen molar-refractivity contribution in [1.29, 1.82) is 0 Å². The molecular formula is C19H25N7O4. The average molecular weight is 415 g/mol. The van der Waals surface area contributed by atoms with E-state index in [1.54, 1.807) is 18.3 Å². The van der Waals surface area contributed by atoms with Crippen LogP contribution in [0.25, 0.3) is 6.08 Å². The van der Waals surface area contributed by atoms with Crippen LogP contribution in [0.4, 0.5) is 10.7 Å². The fourth-order valence-electron chi connectivity index (χ4n) is 3.61. The number of hydrogen-bond acceptors (Lipinski definition) is 8. The minimum Gasteiger partial charge on any atom is -0.378 e. The molecule has 3 saturated heterocycles. The van der Waals surface area contributed by atoms with Gasteiger partial charge >= 0.3 is 6.03 Å². The molecule has 4 amide bonds. The first kappa shape index (κ1) is 20.2. The van der Waals surface area contributed by atoms with Gasteiger partial charge in [-0.1, -0.05) is 0 Å². The summed E-state index contributed by atoms with van der Waals surface area (Å²) < 4.78 is 5.30. The van der Waals surface area contributed by atoms with Crippen LogP contribution in [0, 0.1) is 0 Å². The molecule has 3 aliphatic rings. The van der Waals surface area contributed by atoms with Gasteiger partial charge in [0.15, 0.2) is 0 Å². The molecule has 0 spiro atoms. The molecule has 11 nitrogen and oxygen atoms in total. The van der Waals surface area contributed by atoms with Gasteiger partial charge in [0.05, 0.1) is 25.5 Å². The second kappa shape index (κ2) is 8.76. The van der Waals surface area contributed by atoms with Crippen LogP contribution in [-0.2, 0) is 14.3 Å². The zero-order chi connectivity index (χ0) is 21.1. The molecule has 0 atom stereocenters. The number of morpholine rings is 1. The number of aromatic nitrogens is 2. The van der Waals surface area contributed by atoms with E-state index in [4.69, 9.17) is 4.74 Å². The Morgan fingerprint density at radius 3 is 2.57 bits per heavy atom. The molecule has 160 valence electrons. The number of imide groups is 1. The van der Waals surface area contributed by atoms with E-state index in [0.29, 0.717) is 57.6 Å². The second-order valence-corrected chi connectivity index (χ2v) is 7.39. The molecule has 3 fully saturated rings. The van der Waals surface area contributed by atoms with Gasteiger partial charge in [-0.15, -0.1) is 0 Å². The maximum atomic E-state index is 12.4. The average Bonchev–Trinajstić information content (AvgIpc) is 3.01.